The average Bonchev–Trinajstić information content (AvgIpc) is 2.23. The lowest BCUT2D eigenvalue weighted by atomic mass is 9.81. The molecule has 1 rings (SSSR count). The highest BCUT2D eigenvalue weighted by Gasteiger charge is 2.25. The second kappa shape index (κ2) is 5.47. The third kappa shape index (κ3) is 3.96. The minimum absolute atomic E-state index is 0.189. The summed E-state index contributed by atoms with van der Waals surface area (Å²) in [5.41, 5.74) is 2.58. The van der Waals surface area contributed by atoms with Crippen molar-refractivity contribution in [3.63, 3.8) is 0 Å². The Labute approximate surface area is 99.6 Å². The third-order valence-electron chi connectivity index (χ3n) is 3.49. The van der Waals surface area contributed by atoms with E-state index < -0.39 is 0 Å². The maximum atomic E-state index is 12.1. The van der Waals surface area contributed by atoms with Crippen LogP contribution in [0.2, 0.25) is 0 Å². The Kier molecular flexibility index (Phi) is 4.52. The van der Waals surface area contributed by atoms with Gasteiger partial charge in [-0.15, -0.1) is 0 Å². The molecule has 0 radical (unpaired) electrons. The first-order valence-electron chi connectivity index (χ1n) is 6.26. The smallest absolute Gasteiger partial charge is 0.139 e. The van der Waals surface area contributed by atoms with Gasteiger partial charge in [-0.2, -0.15) is 0 Å². The number of hydrogen-bond acceptors (Lipinski definition) is 1. The zero-order chi connectivity index (χ0) is 12.2. The summed E-state index contributed by atoms with van der Waals surface area (Å²) in [4.78, 5) is 12.1. The molecule has 0 aromatic heterocycles. The first-order valence-corrected chi connectivity index (χ1v) is 6.26. The molecule has 1 nitrogen and oxygen atoms in total. The standard InChI is InChI=1S/C15H24O/c1-12-6-5-7-13(2)10-11-15(3,4)14(16)9-8-12/h6,10H,5,7-9,11H2,1-4H3/b12-6+,13-10-. The maximum Gasteiger partial charge on any atom is 0.139 e. The van der Waals surface area contributed by atoms with Crippen molar-refractivity contribution < 1.29 is 4.79 Å². The Balaban J connectivity index is 2.83. The number of Topliss-reactive ketones (excluding diaryl/α,β-unsaturated/α-hetero) is 1. The molecule has 0 unspecified atom stereocenters. The number of rotatable bonds is 0. The zero-order valence-electron chi connectivity index (χ0n) is 11.1. The quantitative estimate of drug-likeness (QED) is 0.552. The third-order valence-corrected chi connectivity index (χ3v) is 3.49. The predicted molar refractivity (Wildman–Crippen MR) is 69.4 cm³/mol. The normalized spacial score (nSPS) is 29.6. The fraction of sp³-hybridized carbons (Fsp3) is 0.667. The van der Waals surface area contributed by atoms with E-state index in [4.69, 9.17) is 0 Å². The molecule has 0 aromatic carbocycles. The van der Waals surface area contributed by atoms with Crippen LogP contribution < -0.4 is 0 Å². The summed E-state index contributed by atoms with van der Waals surface area (Å²) in [7, 11) is 0. The number of carbonyl (C=O) groups excluding carboxylic acids is 1. The van der Waals surface area contributed by atoms with Gasteiger partial charge in [0, 0.05) is 11.8 Å². The molecule has 0 heterocycles. The van der Waals surface area contributed by atoms with Crippen LogP contribution in [0, 0.1) is 5.41 Å². The van der Waals surface area contributed by atoms with E-state index >= 15 is 0 Å². The molecule has 0 saturated carbocycles. The van der Waals surface area contributed by atoms with Gasteiger partial charge in [-0.3, -0.25) is 4.79 Å². The van der Waals surface area contributed by atoms with E-state index in [1.807, 2.05) is 0 Å². The van der Waals surface area contributed by atoms with Crippen LogP contribution in [0.5, 0.6) is 0 Å². The largest absolute Gasteiger partial charge is 0.299 e. The van der Waals surface area contributed by atoms with Gasteiger partial charge in [-0.25, -0.2) is 0 Å². The van der Waals surface area contributed by atoms with Gasteiger partial charge in [-0.05, 0) is 39.5 Å². The number of carbonyl (C=O) groups is 1. The summed E-state index contributed by atoms with van der Waals surface area (Å²) in [5.74, 6) is 0.395. The summed E-state index contributed by atoms with van der Waals surface area (Å²) >= 11 is 0. The zero-order valence-corrected chi connectivity index (χ0v) is 11.1. The molecule has 0 fully saturated rings. The van der Waals surface area contributed by atoms with Crippen molar-refractivity contribution in [3.8, 4) is 0 Å². The molecule has 0 aromatic rings. The molecule has 16 heavy (non-hydrogen) atoms. The lowest BCUT2D eigenvalue weighted by Crippen LogP contribution is -2.23. The lowest BCUT2D eigenvalue weighted by Gasteiger charge is -2.21. The predicted octanol–water partition coefficient (Wildman–Crippen LogP) is 4.44. The molecule has 0 N–H and O–H groups in total. The van der Waals surface area contributed by atoms with Gasteiger partial charge in [0.15, 0.2) is 0 Å². The number of ketones is 1. The summed E-state index contributed by atoms with van der Waals surface area (Å²) in [5, 5.41) is 0. The van der Waals surface area contributed by atoms with E-state index in [1.54, 1.807) is 0 Å². The van der Waals surface area contributed by atoms with Crippen molar-refractivity contribution in [2.45, 2.75) is 59.8 Å². The summed E-state index contributed by atoms with van der Waals surface area (Å²) in [6.07, 6.45) is 9.28. The van der Waals surface area contributed by atoms with Gasteiger partial charge in [0.2, 0.25) is 0 Å². The molecule has 0 bridgehead atoms. The molecule has 0 aliphatic heterocycles. The van der Waals surface area contributed by atoms with Crippen LogP contribution in [-0.4, -0.2) is 5.78 Å². The Hall–Kier alpha value is -0.850. The van der Waals surface area contributed by atoms with E-state index in [0.29, 0.717) is 12.2 Å². The minimum atomic E-state index is -0.189. The first-order chi connectivity index (χ1) is 7.42. The van der Waals surface area contributed by atoms with Crippen molar-refractivity contribution in [3.05, 3.63) is 23.3 Å². The van der Waals surface area contributed by atoms with Crippen molar-refractivity contribution in [2.24, 2.45) is 5.41 Å². The van der Waals surface area contributed by atoms with Gasteiger partial charge in [-0.1, -0.05) is 37.1 Å². The molecule has 1 aliphatic rings. The highest BCUT2D eigenvalue weighted by Crippen LogP contribution is 2.27. The molecule has 90 valence electrons. The Morgan fingerprint density at radius 3 is 2.31 bits per heavy atom. The fourth-order valence-corrected chi connectivity index (χ4v) is 1.94. The van der Waals surface area contributed by atoms with Gasteiger partial charge < -0.3 is 0 Å². The van der Waals surface area contributed by atoms with Crippen LogP contribution in [-0.2, 0) is 4.79 Å². The molecular weight excluding hydrogens is 196 g/mol. The van der Waals surface area contributed by atoms with Crippen molar-refractivity contribution in [1.29, 1.82) is 0 Å². The Morgan fingerprint density at radius 2 is 1.62 bits per heavy atom. The topological polar surface area (TPSA) is 17.1 Å². The molecule has 0 saturated heterocycles. The van der Waals surface area contributed by atoms with Gasteiger partial charge in [0.05, 0.1) is 0 Å². The SMILES string of the molecule is C/C1=C/CC(C)(C)C(=O)CC/C(C)=C/CC1. The van der Waals surface area contributed by atoms with E-state index in [2.05, 4.69) is 39.8 Å². The van der Waals surface area contributed by atoms with Crippen molar-refractivity contribution in [2.75, 3.05) is 0 Å². The van der Waals surface area contributed by atoms with E-state index in [0.717, 1.165) is 25.7 Å². The first kappa shape index (κ1) is 13.2. The van der Waals surface area contributed by atoms with Gasteiger partial charge >= 0.3 is 0 Å². The number of allylic oxidation sites excluding steroid dienone is 4. The van der Waals surface area contributed by atoms with Crippen LogP contribution >= 0.6 is 0 Å². The molecule has 1 heteroatoms. The highest BCUT2D eigenvalue weighted by molar-refractivity contribution is 5.84. The van der Waals surface area contributed by atoms with Crippen LogP contribution in [0.15, 0.2) is 23.3 Å². The molecule has 0 spiro atoms. The highest BCUT2D eigenvalue weighted by atomic mass is 16.1. The van der Waals surface area contributed by atoms with Crippen molar-refractivity contribution >= 4 is 5.78 Å². The van der Waals surface area contributed by atoms with Gasteiger partial charge in [0.1, 0.15) is 5.78 Å². The average molecular weight is 220 g/mol. The van der Waals surface area contributed by atoms with Crippen molar-refractivity contribution in [1.82, 2.24) is 0 Å². The Morgan fingerprint density at radius 1 is 1.00 bits per heavy atom. The molecular formula is C15H24O. The van der Waals surface area contributed by atoms with Gasteiger partial charge in [0.25, 0.3) is 0 Å². The minimum Gasteiger partial charge on any atom is -0.299 e. The summed E-state index contributed by atoms with van der Waals surface area (Å²) in [6, 6.07) is 0. The van der Waals surface area contributed by atoms with E-state index in [1.165, 1.54) is 11.1 Å². The monoisotopic (exact) mass is 220 g/mol. The van der Waals surface area contributed by atoms with E-state index in [-0.39, 0.29) is 5.41 Å². The summed E-state index contributed by atoms with van der Waals surface area (Å²) < 4.78 is 0. The second-order valence-electron chi connectivity index (χ2n) is 5.65. The maximum absolute atomic E-state index is 12.1. The lowest BCUT2D eigenvalue weighted by molar-refractivity contribution is -0.126. The second-order valence-corrected chi connectivity index (χ2v) is 5.65. The van der Waals surface area contributed by atoms with Crippen LogP contribution in [0.25, 0.3) is 0 Å². The molecule has 0 atom stereocenters. The number of hydrogen-bond donors (Lipinski definition) is 0. The van der Waals surface area contributed by atoms with Crippen LogP contribution in [0.3, 0.4) is 0 Å². The molecule has 1 aliphatic carbocycles. The summed E-state index contributed by atoms with van der Waals surface area (Å²) in [6.45, 7) is 8.44. The Bertz CT molecular complexity index is 318. The fourth-order valence-electron chi connectivity index (χ4n) is 1.94. The van der Waals surface area contributed by atoms with E-state index in [9.17, 15) is 4.79 Å². The van der Waals surface area contributed by atoms with Crippen LogP contribution in [0.1, 0.15) is 59.8 Å². The molecule has 0 amide bonds. The van der Waals surface area contributed by atoms with Crippen LogP contribution in [0.4, 0.5) is 0 Å².